The summed E-state index contributed by atoms with van der Waals surface area (Å²) in [6.07, 6.45) is 6.73. The molecule has 0 atom stereocenters. The number of anilines is 1. The summed E-state index contributed by atoms with van der Waals surface area (Å²) in [5.41, 5.74) is 1.62. The van der Waals surface area contributed by atoms with E-state index in [0.717, 1.165) is 23.5 Å². The van der Waals surface area contributed by atoms with Gasteiger partial charge in [0.25, 0.3) is 0 Å². The number of halogens is 1. The molecule has 0 aliphatic heterocycles. The molecule has 1 N–H and O–H groups in total. The number of hydrogen-bond donors (Lipinski definition) is 1. The van der Waals surface area contributed by atoms with E-state index in [9.17, 15) is 0 Å². The van der Waals surface area contributed by atoms with Crippen LogP contribution in [0.15, 0.2) is 6.33 Å². The Morgan fingerprint density at radius 2 is 2.17 bits per heavy atom. The number of nitrogens with zero attached hydrogens (tertiary/aromatic N) is 4. The number of nitrogens with one attached hydrogen (secondary N) is 1. The van der Waals surface area contributed by atoms with E-state index in [2.05, 4.69) is 27.2 Å². The Kier molecular flexibility index (Phi) is 3.07. The Bertz CT molecular complexity index is 559. The van der Waals surface area contributed by atoms with Crippen molar-refractivity contribution in [3.8, 4) is 0 Å². The highest BCUT2D eigenvalue weighted by atomic mass is 35.5. The van der Waals surface area contributed by atoms with E-state index in [4.69, 9.17) is 11.6 Å². The molecule has 1 aliphatic carbocycles. The average molecular weight is 266 g/mol. The van der Waals surface area contributed by atoms with E-state index in [0.29, 0.717) is 6.04 Å². The smallest absolute Gasteiger partial charge is 0.226 e. The molecule has 2 aromatic rings. The molecule has 0 bridgehead atoms. The van der Waals surface area contributed by atoms with E-state index < -0.39 is 0 Å². The zero-order chi connectivity index (χ0) is 12.5. The molecule has 0 radical (unpaired) electrons. The van der Waals surface area contributed by atoms with Crippen LogP contribution in [0.5, 0.6) is 0 Å². The molecule has 1 aliphatic rings. The lowest BCUT2D eigenvalue weighted by Gasteiger charge is -2.12. The minimum atomic E-state index is 0.276. The molecule has 0 amide bonds. The van der Waals surface area contributed by atoms with Crippen molar-refractivity contribution in [3.05, 3.63) is 11.6 Å². The lowest BCUT2D eigenvalue weighted by Crippen LogP contribution is -2.16. The van der Waals surface area contributed by atoms with E-state index in [1.54, 1.807) is 6.33 Å². The molecule has 0 spiro atoms. The monoisotopic (exact) mass is 265 g/mol. The fourth-order valence-electron chi connectivity index (χ4n) is 2.51. The Morgan fingerprint density at radius 3 is 2.89 bits per heavy atom. The number of aryl methyl sites for hydroxylation is 1. The Labute approximate surface area is 111 Å². The van der Waals surface area contributed by atoms with Crippen molar-refractivity contribution in [1.82, 2.24) is 19.5 Å². The highest BCUT2D eigenvalue weighted by Gasteiger charge is 2.18. The van der Waals surface area contributed by atoms with Crippen molar-refractivity contribution in [1.29, 1.82) is 0 Å². The zero-order valence-electron chi connectivity index (χ0n) is 10.4. The fourth-order valence-corrected chi connectivity index (χ4v) is 2.68. The summed E-state index contributed by atoms with van der Waals surface area (Å²) in [6.45, 7) is 2.88. The maximum atomic E-state index is 5.99. The average Bonchev–Trinajstić information content (AvgIpc) is 2.97. The van der Waals surface area contributed by atoms with Gasteiger partial charge >= 0.3 is 0 Å². The second kappa shape index (κ2) is 4.72. The normalized spacial score (nSPS) is 16.6. The van der Waals surface area contributed by atoms with Crippen LogP contribution in [-0.2, 0) is 6.54 Å². The van der Waals surface area contributed by atoms with Crippen LogP contribution in [0, 0.1) is 0 Å². The van der Waals surface area contributed by atoms with Crippen molar-refractivity contribution in [2.45, 2.75) is 45.2 Å². The summed E-state index contributed by atoms with van der Waals surface area (Å²) < 4.78 is 1.97. The van der Waals surface area contributed by atoms with Gasteiger partial charge in [-0.3, -0.25) is 0 Å². The van der Waals surface area contributed by atoms with E-state index in [1.807, 2.05) is 4.57 Å². The predicted octanol–water partition coefficient (Wildman–Crippen LogP) is 2.85. The first-order valence-corrected chi connectivity index (χ1v) is 6.80. The zero-order valence-corrected chi connectivity index (χ0v) is 11.1. The van der Waals surface area contributed by atoms with Crippen LogP contribution in [0.25, 0.3) is 11.2 Å². The minimum Gasteiger partial charge on any atom is -0.365 e. The molecule has 3 rings (SSSR count). The van der Waals surface area contributed by atoms with Crippen LogP contribution in [0.2, 0.25) is 5.28 Å². The summed E-state index contributed by atoms with van der Waals surface area (Å²) >= 11 is 5.99. The Balaban J connectivity index is 2.01. The van der Waals surface area contributed by atoms with Gasteiger partial charge in [0.15, 0.2) is 17.0 Å². The Morgan fingerprint density at radius 1 is 1.39 bits per heavy atom. The molecule has 18 heavy (non-hydrogen) atoms. The van der Waals surface area contributed by atoms with Crippen molar-refractivity contribution in [3.63, 3.8) is 0 Å². The third kappa shape index (κ3) is 2.03. The van der Waals surface area contributed by atoms with Gasteiger partial charge in [-0.1, -0.05) is 12.8 Å². The van der Waals surface area contributed by atoms with Crippen LogP contribution in [-0.4, -0.2) is 25.6 Å². The SMILES string of the molecule is CCn1cnc2c(NC3CCCC3)nc(Cl)nc21. The lowest BCUT2D eigenvalue weighted by molar-refractivity contribution is 0.750. The van der Waals surface area contributed by atoms with Gasteiger partial charge < -0.3 is 9.88 Å². The van der Waals surface area contributed by atoms with Crippen LogP contribution in [0.1, 0.15) is 32.6 Å². The largest absolute Gasteiger partial charge is 0.365 e. The van der Waals surface area contributed by atoms with E-state index in [1.165, 1.54) is 25.7 Å². The topological polar surface area (TPSA) is 55.6 Å². The van der Waals surface area contributed by atoms with Crippen LogP contribution >= 0.6 is 11.6 Å². The number of aromatic nitrogens is 4. The summed E-state index contributed by atoms with van der Waals surface area (Å²) in [5, 5.41) is 3.73. The molecule has 1 fully saturated rings. The highest BCUT2D eigenvalue weighted by Crippen LogP contribution is 2.26. The first-order valence-electron chi connectivity index (χ1n) is 6.43. The van der Waals surface area contributed by atoms with Gasteiger partial charge in [0, 0.05) is 12.6 Å². The molecule has 0 unspecified atom stereocenters. The standard InChI is InChI=1S/C12H16ClN5/c1-2-18-7-14-9-10(15-8-5-3-4-6-8)16-12(13)17-11(9)18/h7-8H,2-6H2,1H3,(H,15,16,17). The second-order valence-electron chi connectivity index (χ2n) is 4.67. The number of hydrogen-bond acceptors (Lipinski definition) is 4. The predicted molar refractivity (Wildman–Crippen MR) is 71.9 cm³/mol. The molecule has 1 saturated carbocycles. The number of fused-ring (bicyclic) bond motifs is 1. The molecule has 0 saturated heterocycles. The first kappa shape index (κ1) is 11.7. The Hall–Kier alpha value is -1.36. The van der Waals surface area contributed by atoms with E-state index >= 15 is 0 Å². The third-order valence-corrected chi connectivity index (χ3v) is 3.64. The highest BCUT2D eigenvalue weighted by molar-refractivity contribution is 6.28. The molecule has 0 aromatic carbocycles. The van der Waals surface area contributed by atoms with Crippen molar-refractivity contribution < 1.29 is 0 Å². The lowest BCUT2D eigenvalue weighted by atomic mass is 10.2. The fraction of sp³-hybridized carbons (Fsp3) is 0.583. The van der Waals surface area contributed by atoms with Gasteiger partial charge in [0.2, 0.25) is 5.28 Å². The van der Waals surface area contributed by atoms with Gasteiger partial charge in [-0.15, -0.1) is 0 Å². The first-order chi connectivity index (χ1) is 8.78. The maximum Gasteiger partial charge on any atom is 0.226 e. The number of rotatable bonds is 3. The molecule has 6 heteroatoms. The van der Waals surface area contributed by atoms with Crippen molar-refractivity contribution in [2.75, 3.05) is 5.32 Å². The summed E-state index contributed by atoms with van der Waals surface area (Å²) in [7, 11) is 0. The van der Waals surface area contributed by atoms with Crippen molar-refractivity contribution >= 4 is 28.6 Å². The molecule has 2 heterocycles. The third-order valence-electron chi connectivity index (χ3n) is 3.47. The number of imidazole rings is 1. The van der Waals surface area contributed by atoms with Crippen molar-refractivity contribution in [2.24, 2.45) is 0 Å². The van der Waals surface area contributed by atoms with Gasteiger partial charge in [-0.2, -0.15) is 9.97 Å². The van der Waals surface area contributed by atoms with Gasteiger partial charge in [0.05, 0.1) is 6.33 Å². The van der Waals surface area contributed by atoms with E-state index in [-0.39, 0.29) is 5.28 Å². The summed E-state index contributed by atoms with van der Waals surface area (Å²) in [4.78, 5) is 12.9. The molecule has 2 aromatic heterocycles. The van der Waals surface area contributed by atoms with Crippen LogP contribution in [0.3, 0.4) is 0 Å². The quantitative estimate of drug-likeness (QED) is 0.867. The molecular formula is C12H16ClN5. The molecule has 96 valence electrons. The van der Waals surface area contributed by atoms with Gasteiger partial charge in [-0.25, -0.2) is 4.98 Å². The van der Waals surface area contributed by atoms with Crippen LogP contribution < -0.4 is 5.32 Å². The minimum absolute atomic E-state index is 0.276. The summed E-state index contributed by atoms with van der Waals surface area (Å²) in [5.74, 6) is 0.768. The van der Waals surface area contributed by atoms with Gasteiger partial charge in [-0.05, 0) is 31.4 Å². The molecular weight excluding hydrogens is 250 g/mol. The van der Waals surface area contributed by atoms with Gasteiger partial charge in [0.1, 0.15) is 0 Å². The second-order valence-corrected chi connectivity index (χ2v) is 5.01. The molecule has 5 nitrogen and oxygen atoms in total. The maximum absolute atomic E-state index is 5.99. The summed E-state index contributed by atoms with van der Waals surface area (Å²) in [6, 6.07) is 0.492. The van der Waals surface area contributed by atoms with Crippen LogP contribution in [0.4, 0.5) is 5.82 Å².